The van der Waals surface area contributed by atoms with Gasteiger partial charge in [-0.3, -0.25) is 0 Å². The molecule has 2 N–H and O–H groups in total. The lowest BCUT2D eigenvalue weighted by Gasteiger charge is -2.09. The first kappa shape index (κ1) is 15.1. The molecule has 0 amide bonds. The second-order valence-electron chi connectivity index (χ2n) is 5.16. The number of benzene rings is 1. The highest BCUT2D eigenvalue weighted by Crippen LogP contribution is 2.17. The molecule has 118 valence electrons. The van der Waals surface area contributed by atoms with Crippen LogP contribution in [0.25, 0.3) is 11.0 Å². The summed E-state index contributed by atoms with van der Waals surface area (Å²) < 4.78 is 6.67. The zero-order valence-electron chi connectivity index (χ0n) is 12.6. The lowest BCUT2D eigenvalue weighted by molar-refractivity contribution is 0.142. The molecule has 0 saturated carbocycles. The van der Waals surface area contributed by atoms with Crippen molar-refractivity contribution in [1.82, 2.24) is 9.55 Å². The predicted molar refractivity (Wildman–Crippen MR) is 87.1 cm³/mol. The predicted octanol–water partition coefficient (Wildman–Crippen LogP) is 2.97. The Kier molecular flexibility index (Phi) is 4.25. The van der Waals surface area contributed by atoms with E-state index >= 15 is 0 Å². The van der Waals surface area contributed by atoms with Gasteiger partial charge in [0.15, 0.2) is 5.65 Å². The Bertz CT molecular complexity index is 812. The number of hydrogen-bond donors (Lipinski definition) is 2. The largest absolute Gasteiger partial charge is 0.444 e. The van der Waals surface area contributed by atoms with Crippen molar-refractivity contribution in [3.63, 3.8) is 0 Å². The van der Waals surface area contributed by atoms with Crippen LogP contribution in [0.4, 0.5) is 10.6 Å². The number of anilines is 1. The fourth-order valence-electron chi connectivity index (χ4n) is 2.24. The van der Waals surface area contributed by atoms with Crippen LogP contribution in [0.2, 0.25) is 0 Å². The van der Waals surface area contributed by atoms with Crippen molar-refractivity contribution >= 4 is 22.9 Å². The van der Waals surface area contributed by atoms with Crippen LogP contribution in [0, 0.1) is 0 Å². The zero-order valence-corrected chi connectivity index (χ0v) is 12.6. The molecule has 0 fully saturated rings. The van der Waals surface area contributed by atoms with Crippen molar-refractivity contribution in [2.75, 3.05) is 5.32 Å². The quantitative estimate of drug-likeness (QED) is 0.724. The first-order valence-electron chi connectivity index (χ1n) is 7.27. The van der Waals surface area contributed by atoms with E-state index in [9.17, 15) is 9.90 Å². The Hall–Kier alpha value is -2.86. The SMILES string of the molecule is C[C@@H](O)Nc1ccc2ccn(C(=O)OCc3ccccc3)c2n1. The number of nitrogens with one attached hydrogen (secondary N) is 1. The summed E-state index contributed by atoms with van der Waals surface area (Å²) in [6.07, 6.45) is 0.399. The van der Waals surface area contributed by atoms with Crippen LogP contribution in [0.3, 0.4) is 0 Å². The van der Waals surface area contributed by atoms with Gasteiger partial charge >= 0.3 is 6.09 Å². The van der Waals surface area contributed by atoms with E-state index in [1.54, 1.807) is 25.3 Å². The topological polar surface area (TPSA) is 76.4 Å². The van der Waals surface area contributed by atoms with E-state index in [-0.39, 0.29) is 6.61 Å². The second kappa shape index (κ2) is 6.50. The van der Waals surface area contributed by atoms with Gasteiger partial charge in [-0.25, -0.2) is 14.3 Å². The van der Waals surface area contributed by atoms with E-state index in [0.717, 1.165) is 10.9 Å². The van der Waals surface area contributed by atoms with Crippen LogP contribution < -0.4 is 5.32 Å². The molecule has 0 bridgehead atoms. The minimum Gasteiger partial charge on any atom is -0.444 e. The van der Waals surface area contributed by atoms with Crippen LogP contribution in [0.1, 0.15) is 12.5 Å². The van der Waals surface area contributed by atoms with Crippen molar-refractivity contribution in [3.8, 4) is 0 Å². The fraction of sp³-hybridized carbons (Fsp3) is 0.176. The lowest BCUT2D eigenvalue weighted by Crippen LogP contribution is -2.16. The molecule has 6 heteroatoms. The summed E-state index contributed by atoms with van der Waals surface area (Å²) in [6.45, 7) is 1.80. The Balaban J connectivity index is 1.79. The van der Waals surface area contributed by atoms with Gasteiger partial charge in [0, 0.05) is 11.6 Å². The Morgan fingerprint density at radius 3 is 2.78 bits per heavy atom. The van der Waals surface area contributed by atoms with Gasteiger partial charge in [0.2, 0.25) is 0 Å². The molecule has 3 rings (SSSR count). The molecule has 23 heavy (non-hydrogen) atoms. The normalized spacial score (nSPS) is 12.1. The van der Waals surface area contributed by atoms with E-state index in [1.165, 1.54) is 4.57 Å². The molecule has 0 aliphatic rings. The van der Waals surface area contributed by atoms with Crippen LogP contribution in [-0.4, -0.2) is 27.0 Å². The standard InChI is InChI=1S/C17H17N3O3/c1-12(21)18-15-8-7-14-9-10-20(16(14)19-15)17(22)23-11-13-5-3-2-4-6-13/h2-10,12,21H,11H2,1H3,(H,18,19)/t12-/m1/s1. The van der Waals surface area contributed by atoms with Gasteiger partial charge in [0.1, 0.15) is 18.7 Å². The molecule has 0 radical (unpaired) electrons. The summed E-state index contributed by atoms with van der Waals surface area (Å²) in [5, 5.41) is 13.0. The van der Waals surface area contributed by atoms with Crippen molar-refractivity contribution in [2.45, 2.75) is 19.8 Å². The molecule has 0 spiro atoms. The average Bonchev–Trinajstić information content (AvgIpc) is 2.96. The summed E-state index contributed by atoms with van der Waals surface area (Å²) in [5.41, 5.74) is 1.40. The monoisotopic (exact) mass is 311 g/mol. The molecule has 3 aromatic rings. The van der Waals surface area contributed by atoms with Crippen molar-refractivity contribution in [3.05, 3.63) is 60.3 Å². The summed E-state index contributed by atoms with van der Waals surface area (Å²) in [7, 11) is 0. The highest BCUT2D eigenvalue weighted by atomic mass is 16.5. The maximum Gasteiger partial charge on any atom is 0.420 e. The van der Waals surface area contributed by atoms with E-state index in [0.29, 0.717) is 11.5 Å². The molecule has 0 aliphatic carbocycles. The zero-order chi connectivity index (χ0) is 16.2. The molecule has 2 heterocycles. The molecule has 6 nitrogen and oxygen atoms in total. The van der Waals surface area contributed by atoms with Crippen LogP contribution in [-0.2, 0) is 11.3 Å². The number of aliphatic hydroxyl groups excluding tert-OH is 1. The first-order valence-corrected chi connectivity index (χ1v) is 7.27. The van der Waals surface area contributed by atoms with E-state index in [1.807, 2.05) is 36.4 Å². The van der Waals surface area contributed by atoms with Gasteiger partial charge in [-0.15, -0.1) is 0 Å². The van der Waals surface area contributed by atoms with Gasteiger partial charge in [-0.05, 0) is 30.7 Å². The van der Waals surface area contributed by atoms with Crippen LogP contribution in [0.5, 0.6) is 0 Å². The van der Waals surface area contributed by atoms with Crippen molar-refractivity contribution in [2.24, 2.45) is 0 Å². The second-order valence-corrected chi connectivity index (χ2v) is 5.16. The number of hydrogen-bond acceptors (Lipinski definition) is 5. The maximum atomic E-state index is 12.3. The number of fused-ring (bicyclic) bond motifs is 1. The Labute approximate surface area is 133 Å². The van der Waals surface area contributed by atoms with Crippen molar-refractivity contribution < 1.29 is 14.6 Å². The third kappa shape index (κ3) is 3.49. The molecule has 0 saturated heterocycles. The van der Waals surface area contributed by atoms with Gasteiger partial charge in [0.05, 0.1) is 0 Å². The van der Waals surface area contributed by atoms with E-state index in [2.05, 4.69) is 10.3 Å². The number of aromatic nitrogens is 2. The van der Waals surface area contributed by atoms with Gasteiger partial charge in [-0.1, -0.05) is 30.3 Å². The van der Waals surface area contributed by atoms with Gasteiger partial charge in [0.25, 0.3) is 0 Å². The molecular formula is C17H17N3O3. The summed E-state index contributed by atoms with van der Waals surface area (Å²) in [5.74, 6) is 0.489. The third-order valence-electron chi connectivity index (χ3n) is 3.30. The highest BCUT2D eigenvalue weighted by molar-refractivity contribution is 5.87. The molecule has 0 aliphatic heterocycles. The number of ether oxygens (including phenoxy) is 1. The number of nitrogens with zero attached hydrogens (tertiary/aromatic N) is 2. The summed E-state index contributed by atoms with van der Waals surface area (Å²) in [6, 6.07) is 14.8. The van der Waals surface area contributed by atoms with Gasteiger partial charge < -0.3 is 15.2 Å². The van der Waals surface area contributed by atoms with Crippen LogP contribution >= 0.6 is 0 Å². The molecule has 1 atom stereocenters. The third-order valence-corrected chi connectivity index (χ3v) is 3.30. The summed E-state index contributed by atoms with van der Waals surface area (Å²) >= 11 is 0. The number of aliphatic hydroxyl groups is 1. The number of pyridine rings is 1. The molecular weight excluding hydrogens is 294 g/mol. The molecule has 0 unspecified atom stereocenters. The minimum absolute atomic E-state index is 0.199. The van der Waals surface area contributed by atoms with E-state index < -0.39 is 12.3 Å². The number of carbonyl (C=O) groups excluding carboxylic acids is 1. The van der Waals surface area contributed by atoms with E-state index in [4.69, 9.17) is 4.74 Å². The molecule has 1 aromatic carbocycles. The van der Waals surface area contributed by atoms with Crippen molar-refractivity contribution in [1.29, 1.82) is 0 Å². The Morgan fingerprint density at radius 2 is 2.04 bits per heavy atom. The first-order chi connectivity index (χ1) is 11.1. The maximum absolute atomic E-state index is 12.3. The molecule has 2 aromatic heterocycles. The number of rotatable bonds is 4. The number of carbonyl (C=O) groups is 1. The Morgan fingerprint density at radius 1 is 1.26 bits per heavy atom. The van der Waals surface area contributed by atoms with Gasteiger partial charge in [-0.2, -0.15) is 0 Å². The fourth-order valence-corrected chi connectivity index (χ4v) is 2.24. The smallest absolute Gasteiger partial charge is 0.420 e. The van der Waals surface area contributed by atoms with Crippen LogP contribution in [0.15, 0.2) is 54.7 Å². The summed E-state index contributed by atoms with van der Waals surface area (Å²) in [4.78, 5) is 16.6. The minimum atomic E-state index is -0.728. The highest BCUT2D eigenvalue weighted by Gasteiger charge is 2.12. The lowest BCUT2D eigenvalue weighted by atomic mass is 10.2. The average molecular weight is 311 g/mol.